The van der Waals surface area contributed by atoms with Crippen molar-refractivity contribution >= 4 is 34.1 Å². The van der Waals surface area contributed by atoms with Crippen LogP contribution in [0, 0.1) is 0 Å². The molecule has 0 bridgehead atoms. The zero-order valence-electron chi connectivity index (χ0n) is 9.36. The highest BCUT2D eigenvalue weighted by atomic mass is 32.2. The molecule has 0 radical (unpaired) electrons. The van der Waals surface area contributed by atoms with Crippen molar-refractivity contribution in [1.29, 1.82) is 0 Å². The lowest BCUT2D eigenvalue weighted by atomic mass is 10.1. The predicted octanol–water partition coefficient (Wildman–Crippen LogP) is 2.99. The van der Waals surface area contributed by atoms with E-state index >= 15 is 0 Å². The number of aliphatic imine (C=N–C) groups is 1. The maximum atomic E-state index is 5.22. The quantitative estimate of drug-likeness (QED) is 0.817. The van der Waals surface area contributed by atoms with Gasteiger partial charge in [0.15, 0.2) is 5.17 Å². The molecule has 0 unspecified atom stereocenters. The van der Waals surface area contributed by atoms with Crippen LogP contribution in [0.2, 0.25) is 0 Å². The van der Waals surface area contributed by atoms with Gasteiger partial charge in [0.25, 0.3) is 0 Å². The monoisotopic (exact) mass is 250 g/mol. The molecule has 2 rings (SSSR count). The Labute approximate surface area is 106 Å². The summed E-state index contributed by atoms with van der Waals surface area (Å²) in [5, 5.41) is 4.09. The van der Waals surface area contributed by atoms with Crippen molar-refractivity contribution < 1.29 is 0 Å². The number of thiocarbonyl (C=S) groups is 1. The average molecular weight is 250 g/mol. The Balaban J connectivity index is 1.96. The third-order valence-corrected chi connectivity index (χ3v) is 3.92. The molecule has 84 valence electrons. The molecule has 0 fully saturated rings. The van der Waals surface area contributed by atoms with Gasteiger partial charge < -0.3 is 5.32 Å². The zero-order chi connectivity index (χ0) is 11.6. The molecule has 1 aliphatic rings. The van der Waals surface area contributed by atoms with E-state index in [1.807, 2.05) is 32.0 Å². The molecule has 1 aromatic rings. The maximum absolute atomic E-state index is 5.22. The van der Waals surface area contributed by atoms with Crippen molar-refractivity contribution in [3.8, 4) is 0 Å². The molecule has 0 saturated heterocycles. The van der Waals surface area contributed by atoms with Crippen molar-refractivity contribution in [3.63, 3.8) is 0 Å². The van der Waals surface area contributed by atoms with Crippen LogP contribution < -0.4 is 5.32 Å². The molecule has 1 heterocycles. The molecule has 16 heavy (non-hydrogen) atoms. The molecule has 1 N–H and O–H groups in total. The van der Waals surface area contributed by atoms with Crippen molar-refractivity contribution in [2.75, 3.05) is 0 Å². The lowest BCUT2D eigenvalue weighted by Gasteiger charge is -2.10. The van der Waals surface area contributed by atoms with Gasteiger partial charge in [-0.05, 0) is 19.4 Å². The van der Waals surface area contributed by atoms with E-state index < -0.39 is 0 Å². The van der Waals surface area contributed by atoms with Gasteiger partial charge in [0, 0.05) is 5.75 Å². The summed E-state index contributed by atoms with van der Waals surface area (Å²) in [4.78, 5) is 5.35. The van der Waals surface area contributed by atoms with Crippen LogP contribution in [0.25, 0.3) is 0 Å². The van der Waals surface area contributed by atoms with Gasteiger partial charge >= 0.3 is 0 Å². The Morgan fingerprint density at radius 3 is 2.56 bits per heavy atom. The fourth-order valence-electron chi connectivity index (χ4n) is 1.38. The zero-order valence-corrected chi connectivity index (χ0v) is 11.0. The molecule has 1 aromatic carbocycles. The average Bonchev–Trinajstić information content (AvgIpc) is 2.52. The van der Waals surface area contributed by atoms with E-state index in [1.54, 1.807) is 11.8 Å². The second-order valence-corrected chi connectivity index (χ2v) is 5.58. The van der Waals surface area contributed by atoms with Gasteiger partial charge in [-0.2, -0.15) is 0 Å². The minimum absolute atomic E-state index is 0.242. The van der Waals surface area contributed by atoms with Crippen LogP contribution in [0.15, 0.2) is 35.3 Å². The number of hydrogen-bond acceptors (Lipinski definition) is 3. The number of thioether (sulfide) groups is 1. The number of benzene rings is 1. The van der Waals surface area contributed by atoms with Crippen molar-refractivity contribution in [2.45, 2.75) is 25.1 Å². The van der Waals surface area contributed by atoms with Crippen molar-refractivity contribution in [2.24, 2.45) is 4.99 Å². The van der Waals surface area contributed by atoms with Crippen molar-refractivity contribution in [1.82, 2.24) is 5.32 Å². The minimum Gasteiger partial charge on any atom is -0.327 e. The number of nitrogens with zero attached hydrogens (tertiary/aromatic N) is 1. The summed E-state index contributed by atoms with van der Waals surface area (Å²) < 4.78 is 0. The summed E-state index contributed by atoms with van der Waals surface area (Å²) in [6, 6.07) is 10.4. The van der Waals surface area contributed by atoms with Gasteiger partial charge in [-0.3, -0.25) is 0 Å². The molecule has 0 aromatic heterocycles. The molecule has 1 aliphatic heterocycles. The topological polar surface area (TPSA) is 24.4 Å². The lowest BCUT2D eigenvalue weighted by Crippen LogP contribution is -2.32. The number of amidine groups is 1. The summed E-state index contributed by atoms with van der Waals surface area (Å²) >= 11 is 6.92. The second kappa shape index (κ2) is 4.55. The molecular weight excluding hydrogens is 236 g/mol. The summed E-state index contributed by atoms with van der Waals surface area (Å²) in [6.45, 7) is 4.05. The first-order valence-electron chi connectivity index (χ1n) is 5.16. The smallest absolute Gasteiger partial charge is 0.162 e. The Kier molecular flexibility index (Phi) is 3.30. The van der Waals surface area contributed by atoms with Crippen LogP contribution in [-0.4, -0.2) is 15.7 Å². The fraction of sp³-hybridized carbons (Fsp3) is 0.333. The van der Waals surface area contributed by atoms with E-state index in [0.29, 0.717) is 0 Å². The molecule has 4 heteroatoms. The summed E-state index contributed by atoms with van der Waals surface area (Å²) in [7, 11) is 0. The van der Waals surface area contributed by atoms with Gasteiger partial charge in [0.1, 0.15) is 10.5 Å². The molecule has 0 atom stereocenters. The Bertz CT molecular complexity index is 424. The first-order valence-corrected chi connectivity index (χ1v) is 6.55. The Morgan fingerprint density at radius 1 is 1.31 bits per heavy atom. The highest BCUT2D eigenvalue weighted by Gasteiger charge is 2.30. The van der Waals surface area contributed by atoms with Gasteiger partial charge in [-0.15, -0.1) is 0 Å². The van der Waals surface area contributed by atoms with Crippen LogP contribution in [0.3, 0.4) is 0 Å². The van der Waals surface area contributed by atoms with Gasteiger partial charge in [0.05, 0.1) is 0 Å². The van der Waals surface area contributed by atoms with E-state index in [-0.39, 0.29) is 5.54 Å². The molecule has 0 amide bonds. The van der Waals surface area contributed by atoms with E-state index in [4.69, 9.17) is 12.2 Å². The highest BCUT2D eigenvalue weighted by molar-refractivity contribution is 8.13. The van der Waals surface area contributed by atoms with Crippen LogP contribution in [-0.2, 0) is 5.75 Å². The Hall–Kier alpha value is -0.870. The third-order valence-electron chi connectivity index (χ3n) is 2.38. The first kappa shape index (κ1) is 11.6. The minimum atomic E-state index is -0.242. The largest absolute Gasteiger partial charge is 0.327 e. The van der Waals surface area contributed by atoms with Crippen LogP contribution in [0.4, 0.5) is 0 Å². The van der Waals surface area contributed by atoms with E-state index in [2.05, 4.69) is 22.4 Å². The van der Waals surface area contributed by atoms with E-state index in [9.17, 15) is 0 Å². The molecule has 2 nitrogen and oxygen atoms in total. The molecule has 0 spiro atoms. The number of hydrogen-bond donors (Lipinski definition) is 1. The van der Waals surface area contributed by atoms with Crippen LogP contribution in [0.5, 0.6) is 0 Å². The highest BCUT2D eigenvalue weighted by Crippen LogP contribution is 2.22. The van der Waals surface area contributed by atoms with Gasteiger partial charge in [-0.1, -0.05) is 54.3 Å². The lowest BCUT2D eigenvalue weighted by molar-refractivity contribution is 0.723. The second-order valence-electron chi connectivity index (χ2n) is 4.20. The van der Waals surface area contributed by atoms with E-state index in [0.717, 1.165) is 15.9 Å². The van der Waals surface area contributed by atoms with E-state index in [1.165, 1.54) is 5.56 Å². The summed E-state index contributed by atoms with van der Waals surface area (Å²) in [6.07, 6.45) is 0. The first-order chi connectivity index (χ1) is 7.58. The van der Waals surface area contributed by atoms with Crippen LogP contribution >= 0.6 is 24.0 Å². The van der Waals surface area contributed by atoms with Crippen molar-refractivity contribution in [3.05, 3.63) is 35.9 Å². The fourth-order valence-corrected chi connectivity index (χ4v) is 2.55. The summed E-state index contributed by atoms with van der Waals surface area (Å²) in [5.41, 5.74) is 1.06. The third kappa shape index (κ3) is 2.62. The SMILES string of the molecule is CC1(C)N=C(SCc2ccccc2)NC1=S. The number of rotatable bonds is 2. The van der Waals surface area contributed by atoms with Gasteiger partial charge in [-0.25, -0.2) is 4.99 Å². The summed E-state index contributed by atoms with van der Waals surface area (Å²) in [5.74, 6) is 0.922. The molecular formula is C12H14N2S2. The molecule has 0 aliphatic carbocycles. The van der Waals surface area contributed by atoms with Gasteiger partial charge in [0.2, 0.25) is 0 Å². The Morgan fingerprint density at radius 2 is 2.00 bits per heavy atom. The molecule has 0 saturated carbocycles. The maximum Gasteiger partial charge on any atom is 0.162 e. The van der Waals surface area contributed by atoms with Crippen LogP contribution in [0.1, 0.15) is 19.4 Å². The number of nitrogens with one attached hydrogen (secondary N) is 1. The predicted molar refractivity (Wildman–Crippen MR) is 75.0 cm³/mol. The normalized spacial score (nSPS) is 18.1. The standard InChI is InChI=1S/C12H14N2S2/c1-12(2)10(15)13-11(14-12)16-8-9-6-4-3-5-7-9/h3-7H,8H2,1-2H3,(H,13,14,15).